The van der Waals surface area contributed by atoms with Crippen molar-refractivity contribution < 1.29 is 19.4 Å². The van der Waals surface area contributed by atoms with Crippen LogP contribution in [0.15, 0.2) is 53.4 Å². The summed E-state index contributed by atoms with van der Waals surface area (Å²) in [5.74, 6) is -0.864. The minimum absolute atomic E-state index is 0.242. The zero-order chi connectivity index (χ0) is 19.4. The van der Waals surface area contributed by atoms with Crippen LogP contribution < -0.4 is 4.74 Å². The van der Waals surface area contributed by atoms with Crippen LogP contribution in [0.2, 0.25) is 0 Å². The number of aliphatic carboxylic acids is 1. The van der Waals surface area contributed by atoms with Gasteiger partial charge in [0.15, 0.2) is 0 Å². The minimum atomic E-state index is -1.10. The van der Waals surface area contributed by atoms with Crippen molar-refractivity contribution in [1.82, 2.24) is 4.90 Å². The quantitative estimate of drug-likeness (QED) is 0.588. The van der Waals surface area contributed by atoms with Crippen molar-refractivity contribution >= 4 is 46.3 Å². The Labute approximate surface area is 166 Å². The van der Waals surface area contributed by atoms with Crippen molar-refractivity contribution in [2.24, 2.45) is 0 Å². The van der Waals surface area contributed by atoms with Gasteiger partial charge in [0, 0.05) is 5.56 Å². The van der Waals surface area contributed by atoms with Gasteiger partial charge in [0.2, 0.25) is 0 Å². The first-order chi connectivity index (χ1) is 12.9. The highest BCUT2D eigenvalue weighted by Gasteiger charge is 2.33. The number of para-hydroxylation sites is 1. The average molecular weight is 399 g/mol. The maximum absolute atomic E-state index is 12.4. The van der Waals surface area contributed by atoms with Crippen LogP contribution in [0.1, 0.15) is 16.7 Å². The fraction of sp³-hybridized carbons (Fsp3) is 0.150. The van der Waals surface area contributed by atoms with E-state index in [9.17, 15) is 9.59 Å². The molecule has 5 nitrogen and oxygen atoms in total. The molecule has 1 heterocycles. The maximum Gasteiger partial charge on any atom is 0.323 e. The number of carboxylic acid groups (broad SMARTS) is 1. The van der Waals surface area contributed by atoms with E-state index in [1.54, 1.807) is 6.08 Å². The average Bonchev–Trinajstić information content (AvgIpc) is 2.89. The molecule has 0 aromatic heterocycles. The Balaban J connectivity index is 1.78. The summed E-state index contributed by atoms with van der Waals surface area (Å²) in [4.78, 5) is 24.8. The van der Waals surface area contributed by atoms with E-state index in [-0.39, 0.29) is 4.32 Å². The Morgan fingerprint density at radius 3 is 2.63 bits per heavy atom. The number of benzene rings is 2. The van der Waals surface area contributed by atoms with Crippen molar-refractivity contribution in [3.63, 3.8) is 0 Å². The highest BCUT2D eigenvalue weighted by atomic mass is 32.2. The van der Waals surface area contributed by atoms with E-state index in [2.05, 4.69) is 0 Å². The summed E-state index contributed by atoms with van der Waals surface area (Å²) in [6.07, 6.45) is 1.69. The number of carbonyl (C=O) groups is 2. The zero-order valence-corrected chi connectivity index (χ0v) is 16.2. The Morgan fingerprint density at radius 2 is 1.93 bits per heavy atom. The zero-order valence-electron chi connectivity index (χ0n) is 14.5. The van der Waals surface area contributed by atoms with Gasteiger partial charge in [-0.05, 0) is 24.6 Å². The number of thioether (sulfide) groups is 1. The second-order valence-corrected chi connectivity index (χ2v) is 7.65. The number of ether oxygens (including phenoxy) is 1. The van der Waals surface area contributed by atoms with Crippen LogP contribution in [0.25, 0.3) is 6.08 Å². The molecule has 7 heteroatoms. The van der Waals surface area contributed by atoms with Gasteiger partial charge in [-0.15, -0.1) is 0 Å². The summed E-state index contributed by atoms with van der Waals surface area (Å²) >= 11 is 6.21. The second kappa shape index (κ2) is 8.37. The monoisotopic (exact) mass is 399 g/mol. The largest absolute Gasteiger partial charge is 0.488 e. The molecule has 0 spiro atoms. The van der Waals surface area contributed by atoms with Gasteiger partial charge in [0.05, 0.1) is 4.91 Å². The molecule has 138 valence electrons. The Bertz CT molecular complexity index is 922. The number of carboxylic acids is 1. The van der Waals surface area contributed by atoms with E-state index in [1.165, 1.54) is 5.56 Å². The van der Waals surface area contributed by atoms with Crippen LogP contribution in [0.4, 0.5) is 0 Å². The summed E-state index contributed by atoms with van der Waals surface area (Å²) in [5, 5.41) is 8.92. The molecule has 1 aliphatic rings. The lowest BCUT2D eigenvalue weighted by Crippen LogP contribution is -2.33. The van der Waals surface area contributed by atoms with E-state index in [1.807, 2.05) is 55.5 Å². The van der Waals surface area contributed by atoms with Gasteiger partial charge in [-0.2, -0.15) is 0 Å². The third-order valence-corrected chi connectivity index (χ3v) is 5.27. The molecule has 0 atom stereocenters. The number of thiocarbonyl (C=S) groups is 1. The van der Waals surface area contributed by atoms with Crippen molar-refractivity contribution in [1.29, 1.82) is 0 Å². The van der Waals surface area contributed by atoms with Crippen LogP contribution in [0.3, 0.4) is 0 Å². The fourth-order valence-corrected chi connectivity index (χ4v) is 3.74. The van der Waals surface area contributed by atoms with Crippen LogP contribution >= 0.6 is 24.0 Å². The Morgan fingerprint density at radius 1 is 1.22 bits per heavy atom. The predicted octanol–water partition coefficient (Wildman–Crippen LogP) is 3.86. The standard InChI is InChI=1S/C20H17NO4S2/c1-13-6-8-14(9-7-13)12-25-16-5-3-2-4-15(16)10-17-19(24)21(11-18(22)23)20(26)27-17/h2-10H,11-12H2,1H3,(H,22,23)/b17-10+. The molecule has 0 saturated carbocycles. The molecule has 1 saturated heterocycles. The Hall–Kier alpha value is -2.64. The number of amides is 1. The number of aryl methyl sites for hydroxylation is 1. The number of carbonyl (C=O) groups excluding carboxylic acids is 1. The third kappa shape index (κ3) is 4.75. The molecule has 2 aromatic carbocycles. The van der Waals surface area contributed by atoms with Gasteiger partial charge >= 0.3 is 5.97 Å². The van der Waals surface area contributed by atoms with Gasteiger partial charge in [-0.25, -0.2) is 0 Å². The summed E-state index contributed by atoms with van der Waals surface area (Å²) < 4.78 is 6.16. The third-order valence-electron chi connectivity index (χ3n) is 3.89. The van der Waals surface area contributed by atoms with E-state index in [4.69, 9.17) is 22.1 Å². The minimum Gasteiger partial charge on any atom is -0.488 e. The molecule has 2 aromatic rings. The Kier molecular flexibility index (Phi) is 5.93. The van der Waals surface area contributed by atoms with Gasteiger partial charge < -0.3 is 9.84 Å². The van der Waals surface area contributed by atoms with Crippen LogP contribution in [-0.4, -0.2) is 32.7 Å². The van der Waals surface area contributed by atoms with Crippen molar-refractivity contribution in [2.75, 3.05) is 6.54 Å². The highest BCUT2D eigenvalue weighted by Crippen LogP contribution is 2.34. The summed E-state index contributed by atoms with van der Waals surface area (Å²) in [7, 11) is 0. The SMILES string of the molecule is Cc1ccc(COc2ccccc2/C=C2/SC(=S)N(CC(=O)O)C2=O)cc1. The molecule has 0 unspecified atom stereocenters. The molecule has 0 bridgehead atoms. The van der Waals surface area contributed by atoms with E-state index >= 15 is 0 Å². The first-order valence-corrected chi connectivity index (χ1v) is 9.41. The van der Waals surface area contributed by atoms with Crippen LogP contribution in [-0.2, 0) is 16.2 Å². The molecule has 0 radical (unpaired) electrons. The molecule has 3 rings (SSSR count). The molecule has 1 amide bonds. The lowest BCUT2D eigenvalue weighted by atomic mass is 10.1. The predicted molar refractivity (Wildman–Crippen MR) is 109 cm³/mol. The van der Waals surface area contributed by atoms with Crippen molar-refractivity contribution in [2.45, 2.75) is 13.5 Å². The number of nitrogens with zero attached hydrogens (tertiary/aromatic N) is 1. The molecule has 27 heavy (non-hydrogen) atoms. The van der Waals surface area contributed by atoms with Gasteiger partial charge in [0.25, 0.3) is 5.91 Å². The molecule has 0 aliphatic carbocycles. The lowest BCUT2D eigenvalue weighted by molar-refractivity contribution is -0.140. The molecule has 1 N–H and O–H groups in total. The van der Waals surface area contributed by atoms with Crippen molar-refractivity contribution in [3.8, 4) is 5.75 Å². The van der Waals surface area contributed by atoms with Crippen molar-refractivity contribution in [3.05, 3.63) is 70.1 Å². The van der Waals surface area contributed by atoms with Crippen LogP contribution in [0, 0.1) is 6.92 Å². The lowest BCUT2D eigenvalue weighted by Gasteiger charge is -2.11. The second-order valence-electron chi connectivity index (χ2n) is 5.97. The number of hydrogen-bond donors (Lipinski definition) is 1. The highest BCUT2D eigenvalue weighted by molar-refractivity contribution is 8.26. The summed E-state index contributed by atoms with van der Waals surface area (Å²) in [6, 6.07) is 15.5. The fourth-order valence-electron chi connectivity index (χ4n) is 2.49. The van der Waals surface area contributed by atoms with E-state index in [0.29, 0.717) is 17.3 Å². The first-order valence-electron chi connectivity index (χ1n) is 8.18. The normalized spacial score (nSPS) is 15.4. The first kappa shape index (κ1) is 19.1. The number of hydrogen-bond acceptors (Lipinski definition) is 5. The van der Waals surface area contributed by atoms with Gasteiger partial charge in [0.1, 0.15) is 23.2 Å². The summed E-state index contributed by atoms with van der Waals surface area (Å²) in [5.41, 5.74) is 2.96. The smallest absolute Gasteiger partial charge is 0.323 e. The topological polar surface area (TPSA) is 66.8 Å². The molecular weight excluding hydrogens is 382 g/mol. The summed E-state index contributed by atoms with van der Waals surface area (Å²) in [6.45, 7) is 2.00. The van der Waals surface area contributed by atoms with E-state index < -0.39 is 18.4 Å². The van der Waals surface area contributed by atoms with Gasteiger partial charge in [-0.3, -0.25) is 14.5 Å². The van der Waals surface area contributed by atoms with E-state index in [0.717, 1.165) is 27.8 Å². The number of rotatable bonds is 6. The maximum atomic E-state index is 12.4. The van der Waals surface area contributed by atoms with Crippen LogP contribution in [0.5, 0.6) is 5.75 Å². The van der Waals surface area contributed by atoms with Gasteiger partial charge in [-0.1, -0.05) is 72.0 Å². The molecule has 1 aliphatic heterocycles. The molecular formula is C20H17NO4S2. The molecule has 1 fully saturated rings.